The van der Waals surface area contributed by atoms with Crippen LogP contribution >= 0.6 is 11.8 Å². The van der Waals surface area contributed by atoms with Crippen LogP contribution < -0.4 is 14.2 Å². The highest BCUT2D eigenvalue weighted by molar-refractivity contribution is 8.15. The smallest absolute Gasteiger partial charge is 0.203 e. The van der Waals surface area contributed by atoms with Crippen LogP contribution in [0.1, 0.15) is 5.56 Å². The fourth-order valence-electron chi connectivity index (χ4n) is 2.93. The van der Waals surface area contributed by atoms with E-state index in [1.807, 2.05) is 0 Å². The lowest BCUT2D eigenvalue weighted by molar-refractivity contribution is 0.324. The molecule has 1 aromatic rings. The number of fused-ring (bicyclic) bond motifs is 1. The minimum Gasteiger partial charge on any atom is -0.493 e. The van der Waals surface area contributed by atoms with Gasteiger partial charge in [0.25, 0.3) is 0 Å². The lowest BCUT2D eigenvalue weighted by Crippen LogP contribution is -2.32. The standard InChI is InChI=1S/C15H19N3O5S2/c1-21-11-4-9(5-12(22-2)14(11)23-3)6-17-18-10-7-25(19,20)8-13(10)24-15(18)16/h4-6,10,13,16H,7-8H2,1-3H3/b16-15?,17-6+/t10-,13+/m0/s1. The third-order valence-corrected chi connectivity index (χ3v) is 7.20. The number of hydrogen-bond donors (Lipinski definition) is 1. The molecule has 8 nitrogen and oxygen atoms in total. The molecule has 2 aliphatic heterocycles. The number of rotatable bonds is 5. The first-order valence-electron chi connectivity index (χ1n) is 7.47. The Morgan fingerprint density at radius 2 is 1.84 bits per heavy atom. The highest BCUT2D eigenvalue weighted by Gasteiger charge is 2.48. The molecule has 2 saturated heterocycles. The second kappa shape index (κ2) is 6.75. The van der Waals surface area contributed by atoms with Gasteiger partial charge in [-0.05, 0) is 12.1 Å². The van der Waals surface area contributed by atoms with Crippen molar-refractivity contribution in [2.75, 3.05) is 32.8 Å². The van der Waals surface area contributed by atoms with Crippen molar-refractivity contribution in [2.45, 2.75) is 11.3 Å². The van der Waals surface area contributed by atoms with Crippen LogP contribution in [0.3, 0.4) is 0 Å². The Morgan fingerprint density at radius 1 is 1.20 bits per heavy atom. The van der Waals surface area contributed by atoms with Crippen molar-refractivity contribution in [1.29, 1.82) is 5.41 Å². The SMILES string of the molecule is COc1cc(/C=N/N2C(=N)S[C@@H]3CS(=O)(=O)C[C@@H]32)cc(OC)c1OC. The summed E-state index contributed by atoms with van der Waals surface area (Å²) in [5.74, 6) is 1.60. The molecular weight excluding hydrogens is 366 g/mol. The number of thioether (sulfide) groups is 1. The van der Waals surface area contributed by atoms with Crippen molar-refractivity contribution in [3.05, 3.63) is 17.7 Å². The van der Waals surface area contributed by atoms with Crippen molar-refractivity contribution in [3.63, 3.8) is 0 Å². The van der Waals surface area contributed by atoms with Gasteiger partial charge >= 0.3 is 0 Å². The molecule has 0 aliphatic carbocycles. The van der Waals surface area contributed by atoms with E-state index in [-0.39, 0.29) is 28.0 Å². The molecule has 2 atom stereocenters. The fourth-order valence-corrected chi connectivity index (χ4v) is 6.64. The molecule has 0 unspecified atom stereocenters. The highest BCUT2D eigenvalue weighted by Crippen LogP contribution is 2.39. The first kappa shape index (κ1) is 17.9. The first-order valence-corrected chi connectivity index (χ1v) is 10.2. The van der Waals surface area contributed by atoms with Crippen LogP contribution in [0.15, 0.2) is 17.2 Å². The number of nitrogens with zero attached hydrogens (tertiary/aromatic N) is 2. The molecule has 3 rings (SSSR count). The van der Waals surface area contributed by atoms with Gasteiger partial charge < -0.3 is 14.2 Å². The van der Waals surface area contributed by atoms with E-state index in [4.69, 9.17) is 19.6 Å². The predicted molar refractivity (Wildman–Crippen MR) is 97.1 cm³/mol. The number of sulfone groups is 1. The van der Waals surface area contributed by atoms with E-state index in [0.717, 1.165) is 0 Å². The van der Waals surface area contributed by atoms with Crippen molar-refractivity contribution in [2.24, 2.45) is 5.10 Å². The molecule has 2 fully saturated rings. The van der Waals surface area contributed by atoms with Crippen LogP contribution in [-0.2, 0) is 9.84 Å². The number of hydrogen-bond acceptors (Lipinski definition) is 8. The van der Waals surface area contributed by atoms with Crippen LogP contribution in [0.4, 0.5) is 0 Å². The topological polar surface area (TPSA) is 101 Å². The summed E-state index contributed by atoms with van der Waals surface area (Å²) in [6.07, 6.45) is 1.56. The summed E-state index contributed by atoms with van der Waals surface area (Å²) < 4.78 is 39.5. The molecule has 0 saturated carbocycles. The lowest BCUT2D eigenvalue weighted by atomic mass is 10.2. The second-order valence-corrected chi connectivity index (χ2v) is 9.04. The number of nitrogens with one attached hydrogen (secondary N) is 1. The second-order valence-electron chi connectivity index (χ2n) is 5.65. The van der Waals surface area contributed by atoms with Crippen molar-refractivity contribution in [3.8, 4) is 17.2 Å². The monoisotopic (exact) mass is 385 g/mol. The molecule has 10 heteroatoms. The van der Waals surface area contributed by atoms with E-state index < -0.39 is 9.84 Å². The number of methoxy groups -OCH3 is 3. The van der Waals surface area contributed by atoms with Gasteiger partial charge in [0, 0.05) is 10.8 Å². The van der Waals surface area contributed by atoms with Gasteiger partial charge in [-0.3, -0.25) is 5.41 Å². The molecule has 2 heterocycles. The average Bonchev–Trinajstić information content (AvgIpc) is 3.01. The van der Waals surface area contributed by atoms with Gasteiger partial charge in [-0.15, -0.1) is 0 Å². The van der Waals surface area contributed by atoms with Crippen molar-refractivity contribution >= 4 is 33.0 Å². The maximum absolute atomic E-state index is 11.8. The molecule has 25 heavy (non-hydrogen) atoms. The molecule has 1 aromatic carbocycles. The molecule has 1 N–H and O–H groups in total. The molecule has 0 bridgehead atoms. The van der Waals surface area contributed by atoms with Gasteiger partial charge in [-0.25, -0.2) is 13.4 Å². The summed E-state index contributed by atoms with van der Waals surface area (Å²) in [6.45, 7) is 0. The summed E-state index contributed by atoms with van der Waals surface area (Å²) in [5.41, 5.74) is 0.691. The van der Waals surface area contributed by atoms with Gasteiger partial charge in [-0.1, -0.05) is 11.8 Å². The Kier molecular flexibility index (Phi) is 4.83. The molecule has 0 aromatic heterocycles. The number of ether oxygens (including phenoxy) is 3. The summed E-state index contributed by atoms with van der Waals surface area (Å²) in [6, 6.07) is 3.18. The Morgan fingerprint density at radius 3 is 2.40 bits per heavy atom. The number of amidine groups is 1. The maximum atomic E-state index is 11.8. The Hall–Kier alpha value is -1.94. The molecule has 136 valence electrons. The van der Waals surface area contributed by atoms with Gasteiger partial charge in [-0.2, -0.15) is 5.10 Å². The van der Waals surface area contributed by atoms with Gasteiger partial charge in [0.15, 0.2) is 26.5 Å². The summed E-state index contributed by atoms with van der Waals surface area (Å²) in [7, 11) is 1.51. The van der Waals surface area contributed by atoms with E-state index in [1.54, 1.807) is 18.3 Å². The largest absolute Gasteiger partial charge is 0.493 e. The van der Waals surface area contributed by atoms with E-state index in [0.29, 0.717) is 22.8 Å². The Balaban J connectivity index is 1.88. The minimum atomic E-state index is -3.06. The van der Waals surface area contributed by atoms with Gasteiger partial charge in [0.1, 0.15) is 0 Å². The summed E-state index contributed by atoms with van der Waals surface area (Å²) in [4.78, 5) is 0. The molecule has 0 spiro atoms. The van der Waals surface area contributed by atoms with E-state index >= 15 is 0 Å². The fraction of sp³-hybridized carbons (Fsp3) is 0.467. The highest BCUT2D eigenvalue weighted by atomic mass is 32.2. The van der Waals surface area contributed by atoms with Crippen LogP contribution in [0, 0.1) is 5.41 Å². The minimum absolute atomic E-state index is 0.0274. The third-order valence-electron chi connectivity index (χ3n) is 4.08. The molecule has 0 radical (unpaired) electrons. The Labute approximate surface area is 150 Å². The van der Waals surface area contributed by atoms with E-state index in [1.165, 1.54) is 38.1 Å². The molecule has 2 aliphatic rings. The summed E-state index contributed by atoms with van der Waals surface area (Å²) in [5, 5.41) is 14.0. The Bertz CT molecular complexity index is 799. The zero-order chi connectivity index (χ0) is 18.2. The third kappa shape index (κ3) is 3.40. The first-order chi connectivity index (χ1) is 11.9. The van der Waals surface area contributed by atoms with Crippen molar-refractivity contribution in [1.82, 2.24) is 5.01 Å². The van der Waals surface area contributed by atoms with Crippen LogP contribution in [-0.4, -0.2) is 68.9 Å². The number of benzene rings is 1. The normalized spacial score (nSPS) is 24.6. The van der Waals surface area contributed by atoms with Crippen LogP contribution in [0.2, 0.25) is 0 Å². The zero-order valence-corrected chi connectivity index (χ0v) is 15.7. The van der Waals surface area contributed by atoms with Crippen molar-refractivity contribution < 1.29 is 22.6 Å². The molecule has 0 amide bonds. The predicted octanol–water partition coefficient (Wildman–Crippen LogP) is 1.20. The quantitative estimate of drug-likeness (QED) is 0.760. The lowest BCUT2D eigenvalue weighted by Gasteiger charge is -2.17. The van der Waals surface area contributed by atoms with Gasteiger partial charge in [0.2, 0.25) is 5.75 Å². The van der Waals surface area contributed by atoms with Crippen LogP contribution in [0.25, 0.3) is 0 Å². The van der Waals surface area contributed by atoms with Crippen LogP contribution in [0.5, 0.6) is 17.2 Å². The zero-order valence-electron chi connectivity index (χ0n) is 14.1. The average molecular weight is 385 g/mol. The number of hydrazone groups is 1. The maximum Gasteiger partial charge on any atom is 0.203 e. The van der Waals surface area contributed by atoms with E-state index in [2.05, 4.69) is 5.10 Å². The van der Waals surface area contributed by atoms with Gasteiger partial charge in [0.05, 0.1) is 45.1 Å². The summed E-state index contributed by atoms with van der Waals surface area (Å²) >= 11 is 1.25. The van der Waals surface area contributed by atoms with E-state index in [9.17, 15) is 8.42 Å². The molecular formula is C15H19N3O5S2.